The quantitative estimate of drug-likeness (QED) is 0.777. The van der Waals surface area contributed by atoms with Gasteiger partial charge in [0.05, 0.1) is 5.92 Å². The molecule has 2 aromatic rings. The number of piperidine rings is 1. The van der Waals surface area contributed by atoms with Gasteiger partial charge in [0.25, 0.3) is 0 Å². The third-order valence-electron chi connectivity index (χ3n) is 5.30. The minimum Gasteiger partial charge on any atom is -0.342 e. The molecule has 0 saturated carbocycles. The predicted octanol–water partition coefficient (Wildman–Crippen LogP) is 4.94. The van der Waals surface area contributed by atoms with Crippen LogP contribution in [0.15, 0.2) is 42.7 Å². The van der Waals surface area contributed by atoms with Crippen LogP contribution in [0, 0.1) is 6.92 Å². The normalized spacial score (nSPS) is 16.7. The molecule has 1 aliphatic heterocycles. The van der Waals surface area contributed by atoms with E-state index in [1.807, 2.05) is 42.4 Å². The Labute approximate surface area is 155 Å². The number of amides is 1. The van der Waals surface area contributed by atoms with Crippen LogP contribution in [0.2, 0.25) is 5.02 Å². The Morgan fingerprint density at radius 3 is 2.52 bits per heavy atom. The Balaban J connectivity index is 1.68. The van der Waals surface area contributed by atoms with E-state index < -0.39 is 0 Å². The number of halogens is 1. The van der Waals surface area contributed by atoms with Gasteiger partial charge in [0, 0.05) is 30.5 Å². The molecule has 1 aromatic heterocycles. The Morgan fingerprint density at radius 1 is 1.24 bits per heavy atom. The van der Waals surface area contributed by atoms with Crippen LogP contribution in [0.25, 0.3) is 0 Å². The lowest BCUT2D eigenvalue weighted by molar-refractivity contribution is -0.134. The van der Waals surface area contributed by atoms with Crippen LogP contribution < -0.4 is 0 Å². The minimum absolute atomic E-state index is 0.0743. The molecule has 0 N–H and O–H groups in total. The van der Waals surface area contributed by atoms with Crippen LogP contribution in [-0.2, 0) is 4.79 Å². The van der Waals surface area contributed by atoms with E-state index in [9.17, 15) is 4.79 Å². The monoisotopic (exact) mass is 356 g/mol. The molecule has 2 heterocycles. The molecule has 3 rings (SSSR count). The van der Waals surface area contributed by atoms with Crippen molar-refractivity contribution in [3.8, 4) is 0 Å². The highest BCUT2D eigenvalue weighted by molar-refractivity contribution is 6.30. The summed E-state index contributed by atoms with van der Waals surface area (Å²) in [6.45, 7) is 5.77. The van der Waals surface area contributed by atoms with Crippen LogP contribution in [0.1, 0.15) is 54.7 Å². The average molecular weight is 357 g/mol. The fourth-order valence-corrected chi connectivity index (χ4v) is 4.07. The lowest BCUT2D eigenvalue weighted by Crippen LogP contribution is -2.40. The van der Waals surface area contributed by atoms with Crippen molar-refractivity contribution >= 4 is 17.5 Å². The molecule has 1 amide bonds. The zero-order chi connectivity index (χ0) is 17.8. The third-order valence-corrected chi connectivity index (χ3v) is 5.53. The van der Waals surface area contributed by atoms with E-state index >= 15 is 0 Å². The van der Waals surface area contributed by atoms with Gasteiger partial charge in [0.1, 0.15) is 0 Å². The molecular formula is C21H25ClN2O. The average Bonchev–Trinajstić information content (AvgIpc) is 2.65. The number of carbonyl (C=O) groups is 1. The van der Waals surface area contributed by atoms with Gasteiger partial charge < -0.3 is 4.90 Å². The molecule has 1 unspecified atom stereocenters. The first-order valence-electron chi connectivity index (χ1n) is 9.05. The number of rotatable bonds is 4. The van der Waals surface area contributed by atoms with Crippen LogP contribution >= 0.6 is 11.6 Å². The van der Waals surface area contributed by atoms with E-state index in [0.29, 0.717) is 5.92 Å². The van der Waals surface area contributed by atoms with Gasteiger partial charge in [0.15, 0.2) is 0 Å². The zero-order valence-corrected chi connectivity index (χ0v) is 15.7. The summed E-state index contributed by atoms with van der Waals surface area (Å²) < 4.78 is 0. The summed E-state index contributed by atoms with van der Waals surface area (Å²) in [6, 6.07) is 10.0. The van der Waals surface area contributed by atoms with Crippen molar-refractivity contribution in [1.82, 2.24) is 9.88 Å². The maximum absolute atomic E-state index is 13.1. The predicted molar refractivity (Wildman–Crippen MR) is 102 cm³/mol. The molecule has 1 atom stereocenters. The van der Waals surface area contributed by atoms with Crippen molar-refractivity contribution < 1.29 is 4.79 Å². The smallest absolute Gasteiger partial charge is 0.230 e. The molecule has 1 fully saturated rings. The highest BCUT2D eigenvalue weighted by Crippen LogP contribution is 2.31. The maximum Gasteiger partial charge on any atom is 0.230 e. The fraction of sp³-hybridized carbons (Fsp3) is 0.429. The first-order chi connectivity index (χ1) is 12.1. The summed E-state index contributed by atoms with van der Waals surface area (Å²) >= 11 is 6.07. The van der Waals surface area contributed by atoms with Crippen molar-refractivity contribution in [2.24, 2.45) is 0 Å². The molecular weight excluding hydrogens is 332 g/mol. The highest BCUT2D eigenvalue weighted by Gasteiger charge is 2.29. The number of likely N-dealkylation sites (tertiary alicyclic amines) is 1. The van der Waals surface area contributed by atoms with Crippen LogP contribution in [0.5, 0.6) is 0 Å². The summed E-state index contributed by atoms with van der Waals surface area (Å²) in [4.78, 5) is 19.2. The molecule has 132 valence electrons. The van der Waals surface area contributed by atoms with Gasteiger partial charge in [-0.25, -0.2) is 0 Å². The van der Waals surface area contributed by atoms with E-state index in [1.54, 1.807) is 0 Å². The summed E-state index contributed by atoms with van der Waals surface area (Å²) in [5.41, 5.74) is 3.54. The largest absolute Gasteiger partial charge is 0.342 e. The molecule has 1 aliphatic rings. The number of pyridine rings is 1. The zero-order valence-electron chi connectivity index (χ0n) is 14.9. The third kappa shape index (κ3) is 4.04. The van der Waals surface area contributed by atoms with E-state index in [1.165, 1.54) is 5.56 Å². The molecule has 1 saturated heterocycles. The molecule has 3 nitrogen and oxygen atoms in total. The molecule has 0 bridgehead atoms. The van der Waals surface area contributed by atoms with E-state index in [2.05, 4.69) is 24.0 Å². The second-order valence-electron chi connectivity index (χ2n) is 6.84. The summed E-state index contributed by atoms with van der Waals surface area (Å²) in [7, 11) is 0. The molecule has 25 heavy (non-hydrogen) atoms. The molecule has 4 heteroatoms. The highest BCUT2D eigenvalue weighted by atomic mass is 35.5. The number of carbonyl (C=O) groups excluding carboxylic acids is 1. The number of aromatic nitrogens is 1. The van der Waals surface area contributed by atoms with Gasteiger partial charge in [-0.2, -0.15) is 0 Å². The Hall–Kier alpha value is -1.87. The number of aryl methyl sites for hydroxylation is 1. The standard InChI is InChI=1S/C21H25ClN2O/c1-3-19(20-5-4-18(22)14-15(20)2)21(25)24-12-8-17(9-13-24)16-6-10-23-11-7-16/h4-7,10-11,14,17,19H,3,8-9,12-13H2,1-2H3. The Kier molecular flexibility index (Phi) is 5.74. The lowest BCUT2D eigenvalue weighted by atomic mass is 9.87. The topological polar surface area (TPSA) is 33.2 Å². The Bertz CT molecular complexity index is 724. The summed E-state index contributed by atoms with van der Waals surface area (Å²) in [5, 5.41) is 0.724. The number of nitrogens with zero attached hydrogens (tertiary/aromatic N) is 2. The van der Waals surface area contributed by atoms with E-state index in [0.717, 1.165) is 48.5 Å². The van der Waals surface area contributed by atoms with Crippen LogP contribution in [0.3, 0.4) is 0 Å². The Morgan fingerprint density at radius 2 is 1.92 bits per heavy atom. The van der Waals surface area contributed by atoms with E-state index in [-0.39, 0.29) is 11.8 Å². The number of hydrogen-bond acceptors (Lipinski definition) is 2. The molecule has 1 aromatic carbocycles. The molecule has 0 radical (unpaired) electrons. The van der Waals surface area contributed by atoms with Crippen molar-refractivity contribution in [2.75, 3.05) is 13.1 Å². The van der Waals surface area contributed by atoms with Crippen molar-refractivity contribution in [1.29, 1.82) is 0 Å². The second-order valence-corrected chi connectivity index (χ2v) is 7.28. The SMILES string of the molecule is CCC(C(=O)N1CCC(c2ccncc2)CC1)c1ccc(Cl)cc1C. The first-order valence-corrected chi connectivity index (χ1v) is 9.42. The first kappa shape index (κ1) is 17.9. The van der Waals surface area contributed by atoms with Gasteiger partial charge in [0.2, 0.25) is 5.91 Å². The maximum atomic E-state index is 13.1. The van der Waals surface area contributed by atoms with Gasteiger partial charge in [-0.3, -0.25) is 9.78 Å². The lowest BCUT2D eigenvalue weighted by Gasteiger charge is -2.34. The number of benzene rings is 1. The van der Waals surface area contributed by atoms with Gasteiger partial charge >= 0.3 is 0 Å². The van der Waals surface area contributed by atoms with Gasteiger partial charge in [-0.05, 0) is 73.1 Å². The minimum atomic E-state index is -0.0743. The molecule has 0 aliphatic carbocycles. The summed E-state index contributed by atoms with van der Waals surface area (Å²) in [6.07, 6.45) is 6.55. The van der Waals surface area contributed by atoms with Crippen molar-refractivity contribution in [3.05, 3.63) is 64.4 Å². The van der Waals surface area contributed by atoms with Crippen LogP contribution in [-0.4, -0.2) is 28.9 Å². The van der Waals surface area contributed by atoms with Crippen molar-refractivity contribution in [2.45, 2.75) is 44.9 Å². The van der Waals surface area contributed by atoms with Gasteiger partial charge in [-0.15, -0.1) is 0 Å². The number of hydrogen-bond donors (Lipinski definition) is 0. The fourth-order valence-electron chi connectivity index (χ4n) is 3.85. The van der Waals surface area contributed by atoms with Gasteiger partial charge in [-0.1, -0.05) is 24.6 Å². The second kappa shape index (κ2) is 8.01. The van der Waals surface area contributed by atoms with E-state index in [4.69, 9.17) is 11.6 Å². The van der Waals surface area contributed by atoms with Crippen molar-refractivity contribution in [3.63, 3.8) is 0 Å². The summed E-state index contributed by atoms with van der Waals surface area (Å²) in [5.74, 6) is 0.709. The van der Waals surface area contributed by atoms with Crippen LogP contribution in [0.4, 0.5) is 0 Å². The molecule has 0 spiro atoms.